The van der Waals surface area contributed by atoms with Crippen molar-refractivity contribution in [2.75, 3.05) is 0 Å². The van der Waals surface area contributed by atoms with Gasteiger partial charge in [-0.3, -0.25) is 9.59 Å². The van der Waals surface area contributed by atoms with E-state index in [-0.39, 0.29) is 0 Å². The van der Waals surface area contributed by atoms with E-state index in [0.29, 0.717) is 24.3 Å². The predicted molar refractivity (Wildman–Crippen MR) is 71.3 cm³/mol. The lowest BCUT2D eigenvalue weighted by Gasteiger charge is -1.87. The summed E-state index contributed by atoms with van der Waals surface area (Å²) >= 11 is 0. The van der Waals surface area contributed by atoms with Crippen molar-refractivity contribution in [3.63, 3.8) is 0 Å². The number of rotatable bonds is 4. The molecule has 0 atom stereocenters. The number of carbonyl (C=O) groups is 6. The summed E-state index contributed by atoms with van der Waals surface area (Å²) in [5, 5.41) is 31.2. The molecule has 0 rings (SSSR count). The molecule has 0 saturated carbocycles. The van der Waals surface area contributed by atoms with Crippen LogP contribution in [0.25, 0.3) is 0 Å². The van der Waals surface area contributed by atoms with Gasteiger partial charge in [-0.05, 0) is 0 Å². The number of carbonyl (C=O) groups excluding carboxylic acids is 2. The van der Waals surface area contributed by atoms with E-state index in [4.69, 9.17) is 20.4 Å². The van der Waals surface area contributed by atoms with Gasteiger partial charge in [0, 0.05) is 38.2 Å². The van der Waals surface area contributed by atoms with Crippen molar-refractivity contribution in [1.82, 2.24) is 0 Å². The van der Waals surface area contributed by atoms with Gasteiger partial charge >= 0.3 is 35.8 Å². The van der Waals surface area contributed by atoms with Crippen LogP contribution in [0.3, 0.4) is 0 Å². The molecule has 11 heteroatoms. The van der Waals surface area contributed by atoms with Gasteiger partial charge in [-0.1, -0.05) is 0 Å². The smallest absolute Gasteiger partial charge is 0.328 e. The summed E-state index contributed by atoms with van der Waals surface area (Å²) in [6, 6.07) is 0. The number of hydrogen-bond donors (Lipinski definition) is 4. The molecule has 0 saturated heterocycles. The Bertz CT molecular complexity index is 435. The molecule has 0 aliphatic carbocycles. The van der Waals surface area contributed by atoms with Crippen LogP contribution in [0.1, 0.15) is 13.8 Å². The molecular formula is C12H14O11. The lowest BCUT2D eigenvalue weighted by atomic mass is 10.5. The van der Waals surface area contributed by atoms with Crippen molar-refractivity contribution in [3.8, 4) is 0 Å². The second kappa shape index (κ2) is 14.9. The Kier molecular flexibility index (Phi) is 15.9. The highest BCUT2D eigenvalue weighted by atomic mass is 16.6. The first-order chi connectivity index (χ1) is 10.4. The van der Waals surface area contributed by atoms with Gasteiger partial charge in [0.1, 0.15) is 0 Å². The van der Waals surface area contributed by atoms with E-state index >= 15 is 0 Å². The van der Waals surface area contributed by atoms with E-state index in [9.17, 15) is 28.8 Å². The summed E-state index contributed by atoms with van der Waals surface area (Å²) < 4.78 is 3.97. The predicted octanol–water partition coefficient (Wildman–Crippen LogP) is -0.480. The van der Waals surface area contributed by atoms with Crippen LogP contribution >= 0.6 is 0 Å². The molecule has 0 aliphatic heterocycles. The van der Waals surface area contributed by atoms with Crippen LogP contribution in [0.5, 0.6) is 0 Å². The van der Waals surface area contributed by atoms with Crippen LogP contribution in [0.15, 0.2) is 24.3 Å². The Morgan fingerprint density at radius 3 is 0.783 bits per heavy atom. The van der Waals surface area contributed by atoms with E-state index in [1.165, 1.54) is 13.8 Å². The third-order valence-electron chi connectivity index (χ3n) is 1.02. The van der Waals surface area contributed by atoms with Gasteiger partial charge in [-0.15, -0.1) is 0 Å². The second-order valence-corrected chi connectivity index (χ2v) is 3.10. The van der Waals surface area contributed by atoms with E-state index in [2.05, 4.69) is 4.74 Å². The van der Waals surface area contributed by atoms with Crippen LogP contribution in [0, 0.1) is 0 Å². The number of ether oxygens (including phenoxy) is 1. The molecule has 0 heterocycles. The normalized spacial score (nSPS) is 8.96. The summed E-state index contributed by atoms with van der Waals surface area (Å²) in [7, 11) is 0. The number of aliphatic carboxylic acids is 4. The molecule has 0 radical (unpaired) electrons. The molecule has 0 unspecified atom stereocenters. The second-order valence-electron chi connectivity index (χ2n) is 3.10. The fourth-order valence-corrected chi connectivity index (χ4v) is 0.488. The molecule has 0 spiro atoms. The van der Waals surface area contributed by atoms with E-state index in [0.717, 1.165) is 0 Å². The van der Waals surface area contributed by atoms with Gasteiger partial charge in [-0.2, -0.15) is 0 Å². The molecule has 0 aromatic carbocycles. The quantitative estimate of drug-likeness (QED) is 0.294. The Balaban J connectivity index is -0.000000262. The molecule has 0 aliphatic rings. The fourth-order valence-electron chi connectivity index (χ4n) is 0.488. The zero-order chi connectivity index (χ0) is 19.0. The highest BCUT2D eigenvalue weighted by Gasteiger charge is 1.93. The van der Waals surface area contributed by atoms with Crippen molar-refractivity contribution in [2.45, 2.75) is 13.8 Å². The minimum atomic E-state index is -1.26. The third kappa shape index (κ3) is 45.7. The minimum absolute atomic E-state index is 0.558. The number of carboxylic acids is 4. The zero-order valence-corrected chi connectivity index (χ0v) is 12.0. The molecular weight excluding hydrogens is 320 g/mol. The van der Waals surface area contributed by atoms with Gasteiger partial charge in [0.15, 0.2) is 0 Å². The van der Waals surface area contributed by atoms with Crippen molar-refractivity contribution in [3.05, 3.63) is 24.3 Å². The maximum Gasteiger partial charge on any atom is 0.328 e. The van der Waals surface area contributed by atoms with Crippen LogP contribution in [0.4, 0.5) is 0 Å². The van der Waals surface area contributed by atoms with Crippen LogP contribution in [0.2, 0.25) is 0 Å². The average Bonchev–Trinajstić information content (AvgIpc) is 2.33. The molecule has 128 valence electrons. The largest absolute Gasteiger partial charge is 0.478 e. The monoisotopic (exact) mass is 334 g/mol. The lowest BCUT2D eigenvalue weighted by Crippen LogP contribution is -2.03. The summed E-state index contributed by atoms with van der Waals surface area (Å²) in [5.41, 5.74) is 0. The Labute approximate surface area is 129 Å². The molecule has 0 amide bonds. The summed E-state index contributed by atoms with van der Waals surface area (Å²) in [6.07, 6.45) is 2.23. The van der Waals surface area contributed by atoms with Crippen LogP contribution < -0.4 is 0 Å². The van der Waals surface area contributed by atoms with Crippen LogP contribution in [-0.4, -0.2) is 56.2 Å². The van der Waals surface area contributed by atoms with Crippen molar-refractivity contribution in [2.24, 2.45) is 0 Å². The number of hydrogen-bond acceptors (Lipinski definition) is 7. The van der Waals surface area contributed by atoms with Gasteiger partial charge in [0.2, 0.25) is 0 Å². The average molecular weight is 334 g/mol. The molecule has 0 bridgehead atoms. The molecule has 0 fully saturated rings. The Hall–Kier alpha value is -3.50. The minimum Gasteiger partial charge on any atom is -0.478 e. The highest BCUT2D eigenvalue weighted by molar-refractivity contribution is 5.90. The summed E-state index contributed by atoms with van der Waals surface area (Å²) in [4.78, 5) is 57.8. The first-order valence-electron chi connectivity index (χ1n) is 5.35. The summed E-state index contributed by atoms with van der Waals surface area (Å²) in [6.45, 7) is 2.36. The first-order valence-corrected chi connectivity index (χ1v) is 5.35. The fraction of sp³-hybridized carbons (Fsp3) is 0.167. The summed E-state index contributed by atoms with van der Waals surface area (Å²) in [5.74, 6) is -6.15. The van der Waals surface area contributed by atoms with E-state index in [1.54, 1.807) is 0 Å². The molecule has 0 aromatic rings. The van der Waals surface area contributed by atoms with Gasteiger partial charge in [-0.25, -0.2) is 19.2 Å². The zero-order valence-electron chi connectivity index (χ0n) is 12.0. The molecule has 0 aromatic heterocycles. The highest BCUT2D eigenvalue weighted by Crippen LogP contribution is 1.74. The molecule has 4 N–H and O–H groups in total. The topological polar surface area (TPSA) is 193 Å². The third-order valence-corrected chi connectivity index (χ3v) is 1.02. The van der Waals surface area contributed by atoms with Gasteiger partial charge < -0.3 is 25.2 Å². The molecule has 11 nitrogen and oxygen atoms in total. The van der Waals surface area contributed by atoms with Crippen LogP contribution in [-0.2, 0) is 33.5 Å². The van der Waals surface area contributed by atoms with Crippen molar-refractivity contribution in [1.29, 1.82) is 0 Å². The first kappa shape index (κ1) is 24.5. The van der Waals surface area contributed by atoms with Crippen molar-refractivity contribution < 1.29 is 53.9 Å². The van der Waals surface area contributed by atoms with Gasteiger partial charge in [0.25, 0.3) is 0 Å². The SMILES string of the molecule is CC(=O)OC(C)=O.O=C(O)/C=C\C(=O)O.O=C(O)/C=C\C(=O)O. The van der Waals surface area contributed by atoms with Gasteiger partial charge in [0.05, 0.1) is 0 Å². The van der Waals surface area contributed by atoms with E-state index < -0.39 is 35.8 Å². The maximum absolute atomic E-state index is 9.81. The Morgan fingerprint density at radius 2 is 0.739 bits per heavy atom. The number of esters is 2. The Morgan fingerprint density at radius 1 is 0.565 bits per heavy atom. The lowest BCUT2D eigenvalue weighted by molar-refractivity contribution is -0.156. The van der Waals surface area contributed by atoms with Crippen molar-refractivity contribution >= 4 is 35.8 Å². The number of carboxylic acid groups (broad SMARTS) is 4. The maximum atomic E-state index is 9.81. The standard InChI is InChI=1S/2C4H4O4.C4H6O3/c2*5-3(6)1-2-4(7)8;1-3(5)7-4(2)6/h2*1-2H,(H,5,6)(H,7,8);1-2H3/b2*2-1-;. The van der Waals surface area contributed by atoms with E-state index in [1.807, 2.05) is 0 Å². The molecule has 23 heavy (non-hydrogen) atoms.